The van der Waals surface area contributed by atoms with Crippen molar-refractivity contribution in [2.45, 2.75) is 32.6 Å². The van der Waals surface area contributed by atoms with Crippen LogP contribution in [0.3, 0.4) is 0 Å². The van der Waals surface area contributed by atoms with Crippen LogP contribution >= 0.6 is 0 Å². The highest BCUT2D eigenvalue weighted by Crippen LogP contribution is 2.32. The monoisotopic (exact) mass is 486 g/mol. The van der Waals surface area contributed by atoms with E-state index in [-0.39, 0.29) is 25.5 Å². The van der Waals surface area contributed by atoms with Gasteiger partial charge in [0, 0.05) is 28.9 Å². The molecule has 0 amide bonds. The summed E-state index contributed by atoms with van der Waals surface area (Å²) in [5.74, 6) is -0.316. The largest absolute Gasteiger partial charge is 0.489 e. The fraction of sp³-hybridized carbons (Fsp3) is 0.172. The minimum atomic E-state index is -0.942. The molecular formula is C29H27FN2O4. The predicted molar refractivity (Wildman–Crippen MR) is 135 cm³/mol. The topological polar surface area (TPSA) is 94.7 Å². The van der Waals surface area contributed by atoms with Gasteiger partial charge in [0.1, 0.15) is 30.5 Å². The number of hydrogen-bond acceptors (Lipinski definition) is 5. The smallest absolute Gasteiger partial charge is 0.307 e. The lowest BCUT2D eigenvalue weighted by molar-refractivity contribution is -0.136. The van der Waals surface area contributed by atoms with Gasteiger partial charge in [0.05, 0.1) is 12.1 Å². The molecule has 0 aliphatic rings. The number of pyridine rings is 1. The zero-order valence-electron chi connectivity index (χ0n) is 19.9. The Hall–Kier alpha value is -4.23. The molecule has 0 bridgehead atoms. The summed E-state index contributed by atoms with van der Waals surface area (Å²) in [6.45, 7) is 2.12. The van der Waals surface area contributed by atoms with E-state index in [2.05, 4.69) is 4.98 Å². The normalized spacial score (nSPS) is 11.6. The number of carboxylic acids is 1. The van der Waals surface area contributed by atoms with Crippen molar-refractivity contribution >= 4 is 5.97 Å². The second kappa shape index (κ2) is 11.5. The van der Waals surface area contributed by atoms with Crippen molar-refractivity contribution in [3.63, 3.8) is 0 Å². The first-order chi connectivity index (χ1) is 17.4. The number of hydrogen-bond donors (Lipinski definition) is 2. The zero-order chi connectivity index (χ0) is 25.5. The molecule has 3 aromatic carbocycles. The molecule has 1 aromatic heterocycles. The molecule has 7 heteroatoms. The Morgan fingerprint density at radius 3 is 2.56 bits per heavy atom. The van der Waals surface area contributed by atoms with Crippen LogP contribution in [0.15, 0.2) is 85.1 Å². The molecule has 0 fully saturated rings. The third-order valence-electron chi connectivity index (χ3n) is 5.62. The Morgan fingerprint density at radius 1 is 1.00 bits per heavy atom. The Kier molecular flexibility index (Phi) is 7.92. The summed E-state index contributed by atoms with van der Waals surface area (Å²) >= 11 is 0. The Morgan fingerprint density at radius 2 is 1.81 bits per heavy atom. The quantitative estimate of drug-likeness (QED) is 0.299. The zero-order valence-corrected chi connectivity index (χ0v) is 19.9. The summed E-state index contributed by atoms with van der Waals surface area (Å²) in [4.78, 5) is 15.5. The van der Waals surface area contributed by atoms with Gasteiger partial charge in [-0.25, -0.2) is 4.39 Å². The van der Waals surface area contributed by atoms with Gasteiger partial charge in [-0.15, -0.1) is 0 Å². The van der Waals surface area contributed by atoms with Crippen LogP contribution in [-0.2, 0) is 24.4 Å². The number of aliphatic carboxylic acids is 1. The van der Waals surface area contributed by atoms with Crippen molar-refractivity contribution in [2.24, 2.45) is 5.73 Å². The molecule has 4 rings (SSSR count). The lowest BCUT2D eigenvalue weighted by Crippen LogP contribution is -2.08. The number of halogens is 1. The minimum absolute atomic E-state index is 0.138. The maximum atomic E-state index is 15.3. The van der Waals surface area contributed by atoms with E-state index < -0.39 is 12.0 Å². The van der Waals surface area contributed by atoms with Crippen molar-refractivity contribution < 1.29 is 23.8 Å². The Labute approximate surface area is 209 Å². The fourth-order valence-electron chi connectivity index (χ4n) is 3.86. The molecular weight excluding hydrogens is 459 g/mol. The average molecular weight is 487 g/mol. The standard InChI is InChI=1S/C29H27FN2O4/c1-19(31)25-9-6-10-26(29(25)30)22-13-20(14-24(15-22)35-18-23-8-4-5-12-32-23)17-36-27-11-3-2-7-21(27)16-28(33)34/h2-15,19H,16-18,31H2,1H3,(H,33,34). The highest BCUT2D eigenvalue weighted by atomic mass is 19.1. The van der Waals surface area contributed by atoms with Crippen LogP contribution in [-0.4, -0.2) is 16.1 Å². The summed E-state index contributed by atoms with van der Waals surface area (Å²) in [6, 6.07) is 22.7. The summed E-state index contributed by atoms with van der Waals surface area (Å²) in [5.41, 5.74) is 9.47. The van der Waals surface area contributed by atoms with E-state index in [1.807, 2.05) is 30.3 Å². The molecule has 0 spiro atoms. The van der Waals surface area contributed by atoms with Crippen LogP contribution in [0.1, 0.15) is 35.3 Å². The molecule has 1 unspecified atom stereocenters. The van der Waals surface area contributed by atoms with E-state index in [9.17, 15) is 9.90 Å². The van der Waals surface area contributed by atoms with Crippen LogP contribution in [0.25, 0.3) is 11.1 Å². The first kappa shape index (κ1) is 24.9. The summed E-state index contributed by atoms with van der Waals surface area (Å²) in [5, 5.41) is 9.19. The number of rotatable bonds is 10. The first-order valence-corrected chi connectivity index (χ1v) is 11.5. The van der Waals surface area contributed by atoms with Crippen molar-refractivity contribution in [2.75, 3.05) is 0 Å². The number of nitrogens with two attached hydrogens (primary N) is 1. The van der Waals surface area contributed by atoms with E-state index in [1.54, 1.807) is 61.7 Å². The molecule has 0 aliphatic carbocycles. The molecule has 4 aromatic rings. The lowest BCUT2D eigenvalue weighted by atomic mass is 9.97. The number of carbonyl (C=O) groups is 1. The van der Waals surface area contributed by atoms with E-state index in [0.717, 1.165) is 11.3 Å². The highest BCUT2D eigenvalue weighted by molar-refractivity contribution is 5.71. The number of carboxylic acid groups (broad SMARTS) is 1. The number of ether oxygens (including phenoxy) is 2. The van der Waals surface area contributed by atoms with Gasteiger partial charge in [0.25, 0.3) is 0 Å². The van der Waals surface area contributed by atoms with Crippen molar-refractivity contribution in [1.29, 1.82) is 0 Å². The minimum Gasteiger partial charge on any atom is -0.489 e. The van der Waals surface area contributed by atoms with Gasteiger partial charge in [-0.3, -0.25) is 9.78 Å². The van der Waals surface area contributed by atoms with E-state index in [1.165, 1.54) is 0 Å². The number of para-hydroxylation sites is 1. The maximum absolute atomic E-state index is 15.3. The SMILES string of the molecule is CC(N)c1cccc(-c2cc(COc3ccccc3CC(=O)O)cc(OCc3ccccn3)c2)c1F. The first-order valence-electron chi connectivity index (χ1n) is 11.5. The third kappa shape index (κ3) is 6.25. The molecule has 1 heterocycles. The van der Waals surface area contributed by atoms with Gasteiger partial charge in [-0.05, 0) is 54.4 Å². The fourth-order valence-corrected chi connectivity index (χ4v) is 3.86. The van der Waals surface area contributed by atoms with Gasteiger partial charge < -0.3 is 20.3 Å². The van der Waals surface area contributed by atoms with Crippen LogP contribution in [0.5, 0.6) is 11.5 Å². The van der Waals surface area contributed by atoms with Gasteiger partial charge in [0.15, 0.2) is 0 Å². The predicted octanol–water partition coefficient (Wildman–Crippen LogP) is 5.69. The van der Waals surface area contributed by atoms with Gasteiger partial charge in [-0.1, -0.05) is 42.5 Å². The summed E-state index contributed by atoms with van der Waals surface area (Å²) < 4.78 is 27.3. The van der Waals surface area contributed by atoms with Crippen LogP contribution in [0.2, 0.25) is 0 Å². The number of aromatic nitrogens is 1. The summed E-state index contributed by atoms with van der Waals surface area (Å²) in [7, 11) is 0. The maximum Gasteiger partial charge on any atom is 0.307 e. The van der Waals surface area contributed by atoms with E-state index in [4.69, 9.17) is 15.2 Å². The molecule has 0 aliphatic heterocycles. The highest BCUT2D eigenvalue weighted by Gasteiger charge is 2.15. The van der Waals surface area contributed by atoms with Crippen molar-refractivity contribution in [3.05, 3.63) is 113 Å². The van der Waals surface area contributed by atoms with Crippen LogP contribution < -0.4 is 15.2 Å². The van der Waals surface area contributed by atoms with Gasteiger partial charge in [0.2, 0.25) is 0 Å². The van der Waals surface area contributed by atoms with E-state index >= 15 is 4.39 Å². The molecule has 184 valence electrons. The van der Waals surface area contributed by atoms with Gasteiger partial charge >= 0.3 is 5.97 Å². The molecule has 0 radical (unpaired) electrons. The second-order valence-electron chi connectivity index (χ2n) is 8.44. The lowest BCUT2D eigenvalue weighted by Gasteiger charge is -2.15. The molecule has 1 atom stereocenters. The number of nitrogens with zero attached hydrogens (tertiary/aromatic N) is 1. The molecule has 0 saturated heterocycles. The van der Waals surface area contributed by atoms with Crippen LogP contribution in [0, 0.1) is 5.82 Å². The third-order valence-corrected chi connectivity index (χ3v) is 5.62. The Bertz CT molecular complexity index is 1340. The average Bonchev–Trinajstić information content (AvgIpc) is 2.87. The Balaban J connectivity index is 1.66. The van der Waals surface area contributed by atoms with Crippen molar-refractivity contribution in [1.82, 2.24) is 4.98 Å². The summed E-state index contributed by atoms with van der Waals surface area (Å²) in [6.07, 6.45) is 1.54. The molecule has 3 N–H and O–H groups in total. The molecule has 36 heavy (non-hydrogen) atoms. The van der Waals surface area contributed by atoms with Crippen molar-refractivity contribution in [3.8, 4) is 22.6 Å². The van der Waals surface area contributed by atoms with Gasteiger partial charge in [-0.2, -0.15) is 0 Å². The second-order valence-corrected chi connectivity index (χ2v) is 8.44. The molecule has 6 nitrogen and oxygen atoms in total. The number of benzene rings is 3. The molecule has 0 saturated carbocycles. The van der Waals surface area contributed by atoms with Crippen LogP contribution in [0.4, 0.5) is 4.39 Å². The van der Waals surface area contributed by atoms with E-state index in [0.29, 0.717) is 33.8 Å².